The fourth-order valence-electron chi connectivity index (χ4n) is 1.65. The molecule has 1 aromatic rings. The molecule has 0 amide bonds. The number of sulfone groups is 1. The van der Waals surface area contributed by atoms with E-state index in [1.165, 1.54) is 6.07 Å². The summed E-state index contributed by atoms with van der Waals surface area (Å²) in [6.07, 6.45) is 1.66. The van der Waals surface area contributed by atoms with Crippen LogP contribution in [-0.2, 0) is 14.6 Å². The van der Waals surface area contributed by atoms with Crippen LogP contribution in [0.15, 0.2) is 12.3 Å². The quantitative estimate of drug-likeness (QED) is 0.806. The van der Waals surface area contributed by atoms with Gasteiger partial charge in [0.25, 0.3) is 0 Å². The maximum absolute atomic E-state index is 11.9. The van der Waals surface area contributed by atoms with Crippen LogP contribution in [0.3, 0.4) is 0 Å². The van der Waals surface area contributed by atoms with Gasteiger partial charge in [-0.2, -0.15) is 0 Å². The van der Waals surface area contributed by atoms with Crippen LogP contribution >= 0.6 is 0 Å². The first-order valence-corrected chi connectivity index (χ1v) is 8.22. The van der Waals surface area contributed by atoms with Crippen molar-refractivity contribution in [1.82, 2.24) is 4.57 Å². The Kier molecular flexibility index (Phi) is 5.21. The number of anilines is 1. The van der Waals surface area contributed by atoms with E-state index in [2.05, 4.69) is 0 Å². The molecule has 1 rings (SSSR count). The molecule has 20 heavy (non-hydrogen) atoms. The number of nitrogens with two attached hydrogens (primary N) is 1. The zero-order valence-corrected chi connectivity index (χ0v) is 13.1. The lowest BCUT2D eigenvalue weighted by Crippen LogP contribution is -2.23. The van der Waals surface area contributed by atoms with Crippen molar-refractivity contribution in [2.75, 3.05) is 18.1 Å². The minimum Gasteiger partial charge on any atom is -0.460 e. The summed E-state index contributed by atoms with van der Waals surface area (Å²) in [5.74, 6) is -0.733. The summed E-state index contributed by atoms with van der Waals surface area (Å²) in [6.45, 7) is 6.88. The van der Waals surface area contributed by atoms with Crippen LogP contribution in [0.4, 0.5) is 5.69 Å². The molecule has 0 atom stereocenters. The highest BCUT2D eigenvalue weighted by molar-refractivity contribution is 7.91. The van der Waals surface area contributed by atoms with E-state index in [0.29, 0.717) is 11.4 Å². The lowest BCUT2D eigenvalue weighted by molar-refractivity contribution is 0.0515. The molecule has 0 saturated heterocycles. The van der Waals surface area contributed by atoms with E-state index in [-0.39, 0.29) is 18.4 Å². The van der Waals surface area contributed by atoms with Crippen molar-refractivity contribution in [1.29, 1.82) is 0 Å². The molecule has 0 fully saturated rings. The van der Waals surface area contributed by atoms with E-state index < -0.39 is 21.1 Å². The maximum Gasteiger partial charge on any atom is 0.355 e. The molecule has 6 nitrogen and oxygen atoms in total. The van der Waals surface area contributed by atoms with Gasteiger partial charge < -0.3 is 15.0 Å². The molecular formula is C13H22N2O4S. The number of aromatic nitrogens is 1. The molecule has 0 radical (unpaired) electrons. The number of ether oxygens (including phenoxy) is 1. The highest BCUT2D eigenvalue weighted by Crippen LogP contribution is 2.17. The summed E-state index contributed by atoms with van der Waals surface area (Å²) < 4.78 is 29.9. The first kappa shape index (κ1) is 16.6. The first-order valence-electron chi connectivity index (χ1n) is 6.51. The summed E-state index contributed by atoms with van der Waals surface area (Å²) in [5.41, 5.74) is 6.47. The number of rotatable bonds is 6. The van der Waals surface area contributed by atoms with Crippen LogP contribution in [0, 0.1) is 0 Å². The largest absolute Gasteiger partial charge is 0.460 e. The van der Waals surface area contributed by atoms with Gasteiger partial charge in [-0.05, 0) is 33.8 Å². The third-order valence-corrected chi connectivity index (χ3v) is 5.13. The van der Waals surface area contributed by atoms with Gasteiger partial charge in [-0.25, -0.2) is 13.2 Å². The molecule has 0 aromatic carbocycles. The van der Waals surface area contributed by atoms with Crippen LogP contribution in [0.5, 0.6) is 0 Å². The molecule has 0 aliphatic carbocycles. The molecule has 2 N–H and O–H groups in total. The van der Waals surface area contributed by atoms with Crippen LogP contribution in [0.2, 0.25) is 0 Å². The molecule has 114 valence electrons. The number of hydrogen-bond donors (Lipinski definition) is 1. The topological polar surface area (TPSA) is 91.4 Å². The average Bonchev–Trinajstić information content (AvgIpc) is 2.71. The molecular weight excluding hydrogens is 280 g/mol. The first-order chi connectivity index (χ1) is 9.15. The normalized spacial score (nSPS) is 12.1. The number of nitrogens with zero attached hydrogens (tertiary/aromatic N) is 1. The van der Waals surface area contributed by atoms with E-state index in [9.17, 15) is 13.2 Å². The van der Waals surface area contributed by atoms with Crippen molar-refractivity contribution in [3.8, 4) is 0 Å². The third kappa shape index (κ3) is 4.00. The maximum atomic E-state index is 11.9. The Labute approximate surface area is 119 Å². The van der Waals surface area contributed by atoms with Crippen molar-refractivity contribution < 1.29 is 17.9 Å². The van der Waals surface area contributed by atoms with Crippen molar-refractivity contribution in [2.24, 2.45) is 0 Å². The Morgan fingerprint density at radius 1 is 1.35 bits per heavy atom. The predicted octanol–water partition coefficient (Wildman–Crippen LogP) is 1.63. The highest BCUT2D eigenvalue weighted by atomic mass is 32.2. The third-order valence-electron chi connectivity index (χ3n) is 2.95. The smallest absolute Gasteiger partial charge is 0.355 e. The molecule has 0 aliphatic heterocycles. The number of carbonyl (C=O) groups is 1. The lowest BCUT2D eigenvalue weighted by Gasteiger charge is -2.12. The van der Waals surface area contributed by atoms with Crippen molar-refractivity contribution in [3.05, 3.63) is 18.0 Å². The second-order valence-corrected chi connectivity index (χ2v) is 7.89. The van der Waals surface area contributed by atoms with E-state index in [4.69, 9.17) is 10.5 Å². The van der Waals surface area contributed by atoms with Crippen LogP contribution in [0.1, 0.15) is 44.2 Å². The van der Waals surface area contributed by atoms with Crippen molar-refractivity contribution in [3.63, 3.8) is 0 Å². The zero-order valence-electron chi connectivity index (χ0n) is 12.3. The number of carbonyl (C=O) groups excluding carboxylic acids is 1. The Morgan fingerprint density at radius 2 is 1.95 bits per heavy atom. The van der Waals surface area contributed by atoms with Crippen molar-refractivity contribution >= 4 is 21.5 Å². The number of nitrogen functional groups attached to an aromatic ring is 1. The summed E-state index contributed by atoms with van der Waals surface area (Å²) in [4.78, 5) is 11.9. The lowest BCUT2D eigenvalue weighted by atomic mass is 10.3. The average molecular weight is 302 g/mol. The fourth-order valence-corrected chi connectivity index (χ4v) is 2.44. The minimum absolute atomic E-state index is 0.0641. The minimum atomic E-state index is -3.21. The van der Waals surface area contributed by atoms with Crippen LogP contribution in [-0.4, -0.2) is 36.6 Å². The van der Waals surface area contributed by atoms with Crippen LogP contribution in [0.25, 0.3) is 0 Å². The SMILES string of the molecule is CC(C)n1cc(N)cc1C(=O)OCCS(=O)(=O)C(C)C. The Bertz CT molecular complexity index is 573. The van der Waals surface area contributed by atoms with Gasteiger partial charge in [0, 0.05) is 12.2 Å². The Balaban J connectivity index is 2.69. The summed E-state index contributed by atoms with van der Waals surface area (Å²) in [5, 5.41) is -0.476. The summed E-state index contributed by atoms with van der Waals surface area (Å²) in [6, 6.07) is 1.59. The zero-order chi connectivity index (χ0) is 15.5. The number of hydrogen-bond acceptors (Lipinski definition) is 5. The molecule has 0 aliphatic rings. The standard InChI is InChI=1S/C13H22N2O4S/c1-9(2)15-8-11(14)7-12(15)13(16)19-5-6-20(17,18)10(3)4/h7-10H,5-6,14H2,1-4H3. The predicted molar refractivity (Wildman–Crippen MR) is 78.4 cm³/mol. The molecule has 0 spiro atoms. The second kappa shape index (κ2) is 6.30. The molecule has 7 heteroatoms. The van der Waals surface area contributed by atoms with Gasteiger partial charge in [0.15, 0.2) is 9.84 Å². The molecule has 1 aromatic heterocycles. The fraction of sp³-hybridized carbons (Fsp3) is 0.615. The molecule has 0 unspecified atom stereocenters. The molecule has 0 saturated carbocycles. The highest BCUT2D eigenvalue weighted by Gasteiger charge is 2.19. The van der Waals surface area contributed by atoms with Gasteiger partial charge in [0.05, 0.1) is 16.7 Å². The number of esters is 1. The summed E-state index contributed by atoms with van der Waals surface area (Å²) >= 11 is 0. The Morgan fingerprint density at radius 3 is 2.45 bits per heavy atom. The van der Waals surface area contributed by atoms with Gasteiger partial charge in [0.1, 0.15) is 12.3 Å². The monoisotopic (exact) mass is 302 g/mol. The van der Waals surface area contributed by atoms with Crippen molar-refractivity contribution in [2.45, 2.75) is 39.0 Å². The van der Waals surface area contributed by atoms with Gasteiger partial charge in [-0.1, -0.05) is 0 Å². The van der Waals surface area contributed by atoms with Gasteiger partial charge >= 0.3 is 5.97 Å². The summed E-state index contributed by atoms with van der Waals surface area (Å²) in [7, 11) is -3.21. The molecule has 0 bridgehead atoms. The van der Waals surface area contributed by atoms with E-state index in [1.807, 2.05) is 13.8 Å². The van der Waals surface area contributed by atoms with Gasteiger partial charge in [-0.15, -0.1) is 0 Å². The van der Waals surface area contributed by atoms with E-state index in [0.717, 1.165) is 0 Å². The van der Waals surface area contributed by atoms with Gasteiger partial charge in [0.2, 0.25) is 0 Å². The van der Waals surface area contributed by atoms with Gasteiger partial charge in [-0.3, -0.25) is 0 Å². The second-order valence-electron chi connectivity index (χ2n) is 5.21. The van der Waals surface area contributed by atoms with E-state index >= 15 is 0 Å². The van der Waals surface area contributed by atoms with E-state index in [1.54, 1.807) is 24.6 Å². The Hall–Kier alpha value is -1.50. The molecule has 1 heterocycles. The van der Waals surface area contributed by atoms with Crippen LogP contribution < -0.4 is 5.73 Å².